The zero-order chi connectivity index (χ0) is 11.0. The van der Waals surface area contributed by atoms with Gasteiger partial charge in [-0.15, -0.1) is 0 Å². The van der Waals surface area contributed by atoms with E-state index in [0.717, 1.165) is 0 Å². The highest BCUT2D eigenvalue weighted by molar-refractivity contribution is 5.73. The average molecular weight is 204 g/mol. The van der Waals surface area contributed by atoms with Crippen LogP contribution < -0.4 is 0 Å². The van der Waals surface area contributed by atoms with Crippen LogP contribution in [-0.4, -0.2) is 37.5 Å². The zero-order valence-electron chi connectivity index (χ0n) is 9.21. The standard InChI is InChI=1S/C10H20O4/c1-4-13-7-8-14-6-5-10(2,3)9(11)12/h4-8H2,1-3H3,(H,11,12). The monoisotopic (exact) mass is 204 g/mol. The highest BCUT2D eigenvalue weighted by Gasteiger charge is 2.26. The molecule has 0 rings (SSSR count). The minimum Gasteiger partial charge on any atom is -0.481 e. The predicted octanol–water partition coefficient (Wildman–Crippen LogP) is 1.54. The average Bonchev–Trinajstić information content (AvgIpc) is 2.10. The summed E-state index contributed by atoms with van der Waals surface area (Å²) in [5.41, 5.74) is -0.703. The summed E-state index contributed by atoms with van der Waals surface area (Å²) in [6.45, 7) is 7.57. The molecule has 0 unspecified atom stereocenters. The molecule has 0 aliphatic rings. The number of carboxylic acid groups (broad SMARTS) is 1. The molecule has 0 spiro atoms. The molecule has 0 aliphatic heterocycles. The van der Waals surface area contributed by atoms with Crippen LogP contribution in [0.2, 0.25) is 0 Å². The predicted molar refractivity (Wildman–Crippen MR) is 53.3 cm³/mol. The maximum Gasteiger partial charge on any atom is 0.309 e. The lowest BCUT2D eigenvalue weighted by atomic mass is 9.90. The number of ether oxygens (including phenoxy) is 2. The van der Waals surface area contributed by atoms with Gasteiger partial charge in [0.2, 0.25) is 0 Å². The third-order valence-electron chi connectivity index (χ3n) is 2.03. The molecule has 0 heterocycles. The molecule has 0 saturated carbocycles. The van der Waals surface area contributed by atoms with E-state index in [-0.39, 0.29) is 0 Å². The van der Waals surface area contributed by atoms with E-state index in [1.54, 1.807) is 13.8 Å². The first kappa shape index (κ1) is 13.4. The molecular weight excluding hydrogens is 184 g/mol. The van der Waals surface area contributed by atoms with Gasteiger partial charge in [-0.1, -0.05) is 0 Å². The summed E-state index contributed by atoms with van der Waals surface area (Å²) < 4.78 is 10.3. The fourth-order valence-electron chi connectivity index (χ4n) is 0.799. The summed E-state index contributed by atoms with van der Waals surface area (Å²) >= 11 is 0. The lowest BCUT2D eigenvalue weighted by molar-refractivity contribution is -0.148. The Morgan fingerprint density at radius 1 is 1.21 bits per heavy atom. The second-order valence-corrected chi connectivity index (χ2v) is 3.75. The van der Waals surface area contributed by atoms with Crippen molar-refractivity contribution in [2.75, 3.05) is 26.4 Å². The number of aliphatic carboxylic acids is 1. The molecule has 14 heavy (non-hydrogen) atoms. The normalized spacial score (nSPS) is 11.6. The van der Waals surface area contributed by atoms with Gasteiger partial charge in [0, 0.05) is 13.2 Å². The fraction of sp³-hybridized carbons (Fsp3) is 0.900. The Kier molecular flexibility index (Phi) is 6.49. The van der Waals surface area contributed by atoms with Crippen molar-refractivity contribution in [2.45, 2.75) is 27.2 Å². The molecule has 84 valence electrons. The maximum absolute atomic E-state index is 10.7. The van der Waals surface area contributed by atoms with E-state index in [2.05, 4.69) is 0 Å². The first-order valence-electron chi connectivity index (χ1n) is 4.89. The molecule has 0 radical (unpaired) electrons. The Balaban J connectivity index is 3.40. The van der Waals surface area contributed by atoms with Gasteiger partial charge in [-0.25, -0.2) is 0 Å². The first-order valence-corrected chi connectivity index (χ1v) is 4.89. The summed E-state index contributed by atoms with van der Waals surface area (Å²) in [7, 11) is 0. The van der Waals surface area contributed by atoms with Gasteiger partial charge in [0.1, 0.15) is 0 Å². The molecule has 0 aromatic heterocycles. The molecule has 0 amide bonds. The molecule has 4 nitrogen and oxygen atoms in total. The van der Waals surface area contributed by atoms with Crippen LogP contribution in [0.3, 0.4) is 0 Å². The number of carbonyl (C=O) groups is 1. The van der Waals surface area contributed by atoms with E-state index < -0.39 is 11.4 Å². The number of rotatable bonds is 8. The SMILES string of the molecule is CCOCCOCCC(C)(C)C(=O)O. The minimum atomic E-state index is -0.786. The van der Waals surface area contributed by atoms with Crippen LogP contribution in [0.1, 0.15) is 27.2 Å². The fourth-order valence-corrected chi connectivity index (χ4v) is 0.799. The third-order valence-corrected chi connectivity index (χ3v) is 2.03. The van der Waals surface area contributed by atoms with Crippen molar-refractivity contribution >= 4 is 5.97 Å². The van der Waals surface area contributed by atoms with Gasteiger partial charge in [0.15, 0.2) is 0 Å². The largest absolute Gasteiger partial charge is 0.481 e. The van der Waals surface area contributed by atoms with Gasteiger partial charge in [0.25, 0.3) is 0 Å². The second kappa shape index (κ2) is 6.79. The van der Waals surface area contributed by atoms with Crippen molar-refractivity contribution in [2.24, 2.45) is 5.41 Å². The smallest absolute Gasteiger partial charge is 0.309 e. The van der Waals surface area contributed by atoms with Crippen molar-refractivity contribution < 1.29 is 19.4 Å². The molecule has 0 aromatic carbocycles. The maximum atomic E-state index is 10.7. The summed E-state index contributed by atoms with van der Waals surface area (Å²) in [5, 5.41) is 8.80. The van der Waals surface area contributed by atoms with Crippen LogP contribution in [-0.2, 0) is 14.3 Å². The third kappa shape index (κ3) is 5.94. The van der Waals surface area contributed by atoms with Gasteiger partial charge in [-0.05, 0) is 27.2 Å². The lowest BCUT2D eigenvalue weighted by Crippen LogP contribution is -2.25. The van der Waals surface area contributed by atoms with Crippen molar-refractivity contribution in [1.82, 2.24) is 0 Å². The molecule has 0 saturated heterocycles. The molecule has 0 atom stereocenters. The van der Waals surface area contributed by atoms with E-state index in [4.69, 9.17) is 14.6 Å². The first-order chi connectivity index (χ1) is 6.50. The summed E-state index contributed by atoms with van der Waals surface area (Å²) in [6.07, 6.45) is 0.522. The second-order valence-electron chi connectivity index (χ2n) is 3.75. The van der Waals surface area contributed by atoms with Crippen LogP contribution in [0, 0.1) is 5.41 Å². The molecular formula is C10H20O4. The van der Waals surface area contributed by atoms with Crippen molar-refractivity contribution in [3.8, 4) is 0 Å². The summed E-state index contributed by atoms with van der Waals surface area (Å²) in [6, 6.07) is 0. The van der Waals surface area contributed by atoms with Crippen molar-refractivity contribution in [1.29, 1.82) is 0 Å². The van der Waals surface area contributed by atoms with Crippen LogP contribution in [0.4, 0.5) is 0 Å². The highest BCUT2D eigenvalue weighted by atomic mass is 16.5. The van der Waals surface area contributed by atoms with Crippen LogP contribution >= 0.6 is 0 Å². The van der Waals surface area contributed by atoms with Crippen LogP contribution in [0.5, 0.6) is 0 Å². The number of hydrogen-bond acceptors (Lipinski definition) is 3. The van der Waals surface area contributed by atoms with Gasteiger partial charge in [-0.3, -0.25) is 4.79 Å². The Morgan fingerprint density at radius 2 is 1.79 bits per heavy atom. The Hall–Kier alpha value is -0.610. The Bertz CT molecular complexity index is 166. The molecule has 4 heteroatoms. The van der Waals surface area contributed by atoms with Crippen molar-refractivity contribution in [3.05, 3.63) is 0 Å². The van der Waals surface area contributed by atoms with Crippen molar-refractivity contribution in [3.63, 3.8) is 0 Å². The summed E-state index contributed by atoms with van der Waals surface area (Å²) in [4.78, 5) is 10.7. The summed E-state index contributed by atoms with van der Waals surface area (Å²) in [5.74, 6) is -0.786. The molecule has 0 fully saturated rings. The van der Waals surface area contributed by atoms with E-state index in [9.17, 15) is 4.79 Å². The van der Waals surface area contributed by atoms with E-state index in [1.165, 1.54) is 0 Å². The quantitative estimate of drug-likeness (QED) is 0.609. The van der Waals surface area contributed by atoms with Gasteiger partial charge in [-0.2, -0.15) is 0 Å². The van der Waals surface area contributed by atoms with Gasteiger partial charge < -0.3 is 14.6 Å². The topological polar surface area (TPSA) is 55.8 Å². The molecule has 1 N–H and O–H groups in total. The molecule has 0 aromatic rings. The highest BCUT2D eigenvalue weighted by Crippen LogP contribution is 2.19. The van der Waals surface area contributed by atoms with Gasteiger partial charge in [0.05, 0.1) is 18.6 Å². The molecule has 0 aliphatic carbocycles. The van der Waals surface area contributed by atoms with Gasteiger partial charge >= 0.3 is 5.97 Å². The Morgan fingerprint density at radius 3 is 2.29 bits per heavy atom. The lowest BCUT2D eigenvalue weighted by Gasteiger charge is -2.18. The minimum absolute atomic E-state index is 0.465. The van der Waals surface area contributed by atoms with Crippen LogP contribution in [0.25, 0.3) is 0 Å². The molecule has 0 bridgehead atoms. The van der Waals surface area contributed by atoms with E-state index in [1.807, 2.05) is 6.92 Å². The van der Waals surface area contributed by atoms with E-state index in [0.29, 0.717) is 32.8 Å². The number of carboxylic acids is 1. The van der Waals surface area contributed by atoms with Crippen LogP contribution in [0.15, 0.2) is 0 Å². The number of hydrogen-bond donors (Lipinski definition) is 1. The Labute approximate surface area is 85.2 Å². The zero-order valence-corrected chi connectivity index (χ0v) is 9.21. The van der Waals surface area contributed by atoms with E-state index >= 15 is 0 Å².